The van der Waals surface area contributed by atoms with Crippen molar-refractivity contribution >= 4 is 23.3 Å². The van der Waals surface area contributed by atoms with Gasteiger partial charge in [-0.3, -0.25) is 14.5 Å². The zero-order valence-electron chi connectivity index (χ0n) is 18.1. The molecule has 2 fully saturated rings. The molecule has 1 aromatic carbocycles. The quantitative estimate of drug-likeness (QED) is 0.677. The number of fused-ring (bicyclic) bond motifs is 1. The molecule has 0 radical (unpaired) electrons. The molecule has 4 heterocycles. The van der Waals surface area contributed by atoms with Crippen molar-refractivity contribution in [1.29, 1.82) is 0 Å². The Morgan fingerprint density at radius 3 is 2.50 bits per heavy atom. The van der Waals surface area contributed by atoms with Crippen LogP contribution in [-0.2, 0) is 14.3 Å². The molecule has 10 nitrogen and oxygen atoms in total. The first-order chi connectivity index (χ1) is 15.4. The number of anilines is 2. The molecule has 1 spiro atoms. The average Bonchev–Trinajstić information content (AvgIpc) is 3.53. The molecule has 10 heteroatoms. The van der Waals surface area contributed by atoms with Crippen LogP contribution in [0.2, 0.25) is 0 Å². The molecule has 1 N–H and O–H groups in total. The molecule has 168 valence electrons. The minimum Gasteiger partial charge on any atom is -0.493 e. The van der Waals surface area contributed by atoms with Crippen molar-refractivity contribution in [3.05, 3.63) is 36.1 Å². The fourth-order valence-electron chi connectivity index (χ4n) is 4.85. The number of ether oxygens (including phenoxy) is 4. The largest absolute Gasteiger partial charge is 0.493 e. The Kier molecular flexibility index (Phi) is 4.63. The first kappa shape index (κ1) is 20.4. The number of hydrogen-bond acceptors (Lipinski definition) is 8. The van der Waals surface area contributed by atoms with Crippen LogP contribution in [0, 0.1) is 18.8 Å². The highest BCUT2D eigenvalue weighted by atomic mass is 16.5. The van der Waals surface area contributed by atoms with Gasteiger partial charge in [0.25, 0.3) is 0 Å². The molecule has 2 saturated heterocycles. The van der Waals surface area contributed by atoms with E-state index in [1.165, 1.54) is 26.2 Å². The Morgan fingerprint density at radius 1 is 1.19 bits per heavy atom. The Morgan fingerprint density at radius 2 is 1.91 bits per heavy atom. The molecule has 3 unspecified atom stereocenters. The van der Waals surface area contributed by atoms with Crippen LogP contribution in [0.3, 0.4) is 0 Å². The summed E-state index contributed by atoms with van der Waals surface area (Å²) in [5.41, 5.74) is -0.397. The highest BCUT2D eigenvalue weighted by Crippen LogP contribution is 2.53. The van der Waals surface area contributed by atoms with E-state index in [1.54, 1.807) is 25.1 Å². The number of nitrogens with one attached hydrogen (secondary N) is 1. The van der Waals surface area contributed by atoms with Crippen molar-refractivity contribution in [3.8, 4) is 17.2 Å². The van der Waals surface area contributed by atoms with Crippen LogP contribution < -0.4 is 24.4 Å². The molecule has 32 heavy (non-hydrogen) atoms. The SMILES string of the molecule is COc1cc(NC(=O)C2C3C(=O)N(c4cc(C)on4)CC34C=C[C@H]2O4)cc(OC)c1OC. The van der Waals surface area contributed by atoms with Gasteiger partial charge in [0.2, 0.25) is 17.6 Å². The van der Waals surface area contributed by atoms with Gasteiger partial charge in [-0.05, 0) is 6.92 Å². The minimum absolute atomic E-state index is 0.213. The van der Waals surface area contributed by atoms with E-state index >= 15 is 0 Å². The number of carbonyl (C=O) groups is 2. The van der Waals surface area contributed by atoms with E-state index in [-0.39, 0.29) is 18.4 Å². The molecule has 5 rings (SSSR count). The maximum atomic E-state index is 13.3. The molecule has 3 aliphatic rings. The standard InChI is InChI=1S/C22H23N3O7/c1-11-7-16(24-32-11)25-10-22-6-5-13(31-22)17(18(22)21(25)27)20(26)23-12-8-14(28-2)19(30-4)15(9-12)29-3/h5-9,13,17-18H,10H2,1-4H3,(H,23,26)/t13-,17?,18?,22?/m1/s1. The summed E-state index contributed by atoms with van der Waals surface area (Å²) in [6, 6.07) is 4.97. The maximum Gasteiger partial charge on any atom is 0.235 e. The topological polar surface area (TPSA) is 112 Å². The first-order valence-corrected chi connectivity index (χ1v) is 10.1. The van der Waals surface area contributed by atoms with Crippen molar-refractivity contribution < 1.29 is 33.1 Å². The predicted molar refractivity (Wildman–Crippen MR) is 112 cm³/mol. The number of aromatic nitrogens is 1. The van der Waals surface area contributed by atoms with Gasteiger partial charge in [-0.25, -0.2) is 0 Å². The summed E-state index contributed by atoms with van der Waals surface area (Å²) in [4.78, 5) is 28.2. The van der Waals surface area contributed by atoms with Crippen molar-refractivity contribution in [1.82, 2.24) is 5.16 Å². The van der Waals surface area contributed by atoms with E-state index < -0.39 is 23.5 Å². The molecule has 1 aromatic heterocycles. The van der Waals surface area contributed by atoms with Gasteiger partial charge in [-0.2, -0.15) is 0 Å². The van der Waals surface area contributed by atoms with Crippen molar-refractivity contribution in [2.45, 2.75) is 18.6 Å². The van der Waals surface area contributed by atoms with E-state index in [9.17, 15) is 9.59 Å². The lowest BCUT2D eigenvalue weighted by molar-refractivity contribution is -0.128. The van der Waals surface area contributed by atoms with Gasteiger partial charge in [0.05, 0.1) is 45.8 Å². The highest BCUT2D eigenvalue weighted by Gasteiger charge is 2.67. The highest BCUT2D eigenvalue weighted by molar-refractivity contribution is 6.05. The van der Waals surface area contributed by atoms with Gasteiger partial charge in [0.1, 0.15) is 11.4 Å². The zero-order valence-corrected chi connectivity index (χ0v) is 18.1. The number of hydrogen-bond donors (Lipinski definition) is 1. The van der Waals surface area contributed by atoms with Crippen LogP contribution in [-0.4, -0.2) is 56.6 Å². The molecule has 3 aliphatic heterocycles. The summed E-state index contributed by atoms with van der Waals surface area (Å²) < 4.78 is 27.3. The third-order valence-electron chi connectivity index (χ3n) is 6.23. The third-order valence-corrected chi connectivity index (χ3v) is 6.23. The van der Waals surface area contributed by atoms with Crippen LogP contribution >= 0.6 is 0 Å². The predicted octanol–water partition coefficient (Wildman–Crippen LogP) is 1.93. The van der Waals surface area contributed by atoms with Gasteiger partial charge in [0, 0.05) is 23.9 Å². The Bertz CT molecular complexity index is 1100. The molecular formula is C22H23N3O7. The van der Waals surface area contributed by atoms with Gasteiger partial charge < -0.3 is 28.8 Å². The molecule has 0 aliphatic carbocycles. The maximum absolute atomic E-state index is 13.3. The zero-order chi connectivity index (χ0) is 22.6. The van der Waals surface area contributed by atoms with Gasteiger partial charge in [-0.1, -0.05) is 17.3 Å². The Hall–Kier alpha value is -3.53. The summed E-state index contributed by atoms with van der Waals surface area (Å²) in [6.07, 6.45) is 3.25. The van der Waals surface area contributed by atoms with E-state index in [0.29, 0.717) is 34.5 Å². The third kappa shape index (κ3) is 2.86. The Labute approximate surface area is 184 Å². The second kappa shape index (κ2) is 7.27. The summed E-state index contributed by atoms with van der Waals surface area (Å²) in [6.45, 7) is 2.04. The summed E-state index contributed by atoms with van der Waals surface area (Å²) in [7, 11) is 4.50. The number of aryl methyl sites for hydroxylation is 1. The van der Waals surface area contributed by atoms with E-state index in [0.717, 1.165) is 0 Å². The second-order valence-corrected chi connectivity index (χ2v) is 8.02. The number of methoxy groups -OCH3 is 3. The molecule has 4 atom stereocenters. The van der Waals surface area contributed by atoms with Gasteiger partial charge in [-0.15, -0.1) is 0 Å². The van der Waals surface area contributed by atoms with Gasteiger partial charge >= 0.3 is 0 Å². The normalized spacial score (nSPS) is 27.6. The summed E-state index contributed by atoms with van der Waals surface area (Å²) >= 11 is 0. The number of benzene rings is 1. The molecule has 2 bridgehead atoms. The lowest BCUT2D eigenvalue weighted by Crippen LogP contribution is -2.41. The average molecular weight is 441 g/mol. The molecule has 2 aromatic rings. The Balaban J connectivity index is 1.43. The minimum atomic E-state index is -0.855. The van der Waals surface area contributed by atoms with Crippen LogP contribution in [0.25, 0.3) is 0 Å². The number of rotatable bonds is 6. The van der Waals surface area contributed by atoms with Crippen molar-refractivity contribution in [2.24, 2.45) is 11.8 Å². The smallest absolute Gasteiger partial charge is 0.235 e. The van der Waals surface area contributed by atoms with E-state index in [2.05, 4.69) is 10.5 Å². The van der Waals surface area contributed by atoms with Crippen molar-refractivity contribution in [3.63, 3.8) is 0 Å². The van der Waals surface area contributed by atoms with Crippen LogP contribution in [0.4, 0.5) is 11.5 Å². The van der Waals surface area contributed by atoms with E-state index in [4.69, 9.17) is 23.5 Å². The van der Waals surface area contributed by atoms with Crippen LogP contribution in [0.15, 0.2) is 34.9 Å². The lowest BCUT2D eigenvalue weighted by Gasteiger charge is -2.23. The van der Waals surface area contributed by atoms with Crippen LogP contribution in [0.1, 0.15) is 5.76 Å². The lowest BCUT2D eigenvalue weighted by atomic mass is 9.77. The van der Waals surface area contributed by atoms with Crippen molar-refractivity contribution in [2.75, 3.05) is 38.1 Å². The fraction of sp³-hybridized carbons (Fsp3) is 0.409. The number of nitrogens with zero attached hydrogens (tertiary/aromatic N) is 2. The summed E-state index contributed by atoms with van der Waals surface area (Å²) in [5, 5.41) is 6.84. The fourth-order valence-corrected chi connectivity index (χ4v) is 4.85. The number of amides is 2. The molecule has 2 amide bonds. The first-order valence-electron chi connectivity index (χ1n) is 10.1. The number of carbonyl (C=O) groups excluding carboxylic acids is 2. The molecular weight excluding hydrogens is 418 g/mol. The monoisotopic (exact) mass is 441 g/mol. The summed E-state index contributed by atoms with van der Waals surface area (Å²) in [5.74, 6) is 0.366. The van der Waals surface area contributed by atoms with E-state index in [1.807, 2.05) is 12.2 Å². The molecule has 0 saturated carbocycles. The second-order valence-electron chi connectivity index (χ2n) is 8.02. The van der Waals surface area contributed by atoms with Crippen LogP contribution in [0.5, 0.6) is 17.2 Å². The van der Waals surface area contributed by atoms with Gasteiger partial charge in [0.15, 0.2) is 17.3 Å².